The van der Waals surface area contributed by atoms with E-state index in [4.69, 9.17) is 0 Å². The summed E-state index contributed by atoms with van der Waals surface area (Å²) in [6.45, 7) is 0. The number of alkyl halides is 1. The van der Waals surface area contributed by atoms with Crippen molar-refractivity contribution in [3.8, 4) is 0 Å². The van der Waals surface area contributed by atoms with Crippen LogP contribution < -0.4 is 4.90 Å². The zero-order valence-electron chi connectivity index (χ0n) is 11.9. The number of sulfone groups is 1. The third kappa shape index (κ3) is 2.63. The average Bonchev–Trinajstić information content (AvgIpc) is 2.72. The van der Waals surface area contributed by atoms with Gasteiger partial charge in [0, 0.05) is 12.7 Å². The van der Waals surface area contributed by atoms with Gasteiger partial charge in [-0.2, -0.15) is 0 Å². The molecule has 0 bridgehead atoms. The summed E-state index contributed by atoms with van der Waals surface area (Å²) in [6.07, 6.45) is 2.82. The Hall–Kier alpha value is -0.880. The number of amides is 1. The first kappa shape index (κ1) is 15.0. The maximum atomic E-state index is 12.2. The van der Waals surface area contributed by atoms with Crippen LogP contribution in [0.5, 0.6) is 0 Å². The Morgan fingerprint density at radius 1 is 1.33 bits per heavy atom. The van der Waals surface area contributed by atoms with Gasteiger partial charge < -0.3 is 4.90 Å². The number of likely N-dealkylation sites (N-methyl/N-ethyl adjacent to an activating group) is 1. The van der Waals surface area contributed by atoms with E-state index in [1.807, 2.05) is 18.2 Å². The number of benzene rings is 1. The highest BCUT2D eigenvalue weighted by Gasteiger charge is 2.35. The fraction of sp³-hybridized carbons (Fsp3) is 0.533. The normalized spacial score (nSPS) is 25.7. The number of hydrogen-bond donors (Lipinski definition) is 0. The Morgan fingerprint density at radius 3 is 2.81 bits per heavy atom. The lowest BCUT2D eigenvalue weighted by atomic mass is 10.0. The Morgan fingerprint density at radius 2 is 2.10 bits per heavy atom. The molecule has 0 radical (unpaired) electrons. The Labute approximate surface area is 133 Å². The Balaban J connectivity index is 1.91. The minimum Gasteiger partial charge on any atom is -0.315 e. The average molecular weight is 372 g/mol. The fourth-order valence-electron chi connectivity index (χ4n) is 3.18. The molecule has 2 atom stereocenters. The predicted octanol–water partition coefficient (Wildman–Crippen LogP) is 2.61. The fourth-order valence-corrected chi connectivity index (χ4v) is 6.68. The number of fused-ring (bicyclic) bond motifs is 1. The molecule has 2 aliphatic heterocycles. The van der Waals surface area contributed by atoms with Gasteiger partial charge in [-0.25, -0.2) is 8.42 Å². The lowest BCUT2D eigenvalue weighted by Crippen LogP contribution is -2.31. The van der Waals surface area contributed by atoms with Crippen LogP contribution in [0.4, 0.5) is 5.69 Å². The molecule has 3 rings (SSSR count). The topological polar surface area (TPSA) is 54.5 Å². The summed E-state index contributed by atoms with van der Waals surface area (Å²) in [5.74, 6) is 0.366. The van der Waals surface area contributed by atoms with Crippen molar-refractivity contribution in [2.45, 2.75) is 35.8 Å². The third-order valence-electron chi connectivity index (χ3n) is 4.45. The molecule has 1 aromatic carbocycles. The molecule has 0 aliphatic carbocycles. The van der Waals surface area contributed by atoms with Crippen LogP contribution in [0.1, 0.15) is 35.2 Å². The minimum absolute atomic E-state index is 0.0820. The molecule has 21 heavy (non-hydrogen) atoms. The van der Waals surface area contributed by atoms with Crippen molar-refractivity contribution >= 4 is 37.4 Å². The molecule has 6 heteroatoms. The zero-order chi connectivity index (χ0) is 15.2. The van der Waals surface area contributed by atoms with Crippen molar-refractivity contribution in [3.05, 3.63) is 29.3 Å². The first-order valence-corrected chi connectivity index (χ1v) is 9.78. The van der Waals surface area contributed by atoms with E-state index in [1.54, 1.807) is 11.9 Å². The Bertz CT molecular complexity index is 686. The summed E-state index contributed by atoms with van der Waals surface area (Å²) in [7, 11) is -1.26. The Kier molecular flexibility index (Phi) is 3.86. The van der Waals surface area contributed by atoms with Gasteiger partial charge in [-0.3, -0.25) is 4.79 Å². The first-order valence-electron chi connectivity index (χ1n) is 7.15. The number of nitrogens with zero attached hydrogens (tertiary/aromatic N) is 1. The van der Waals surface area contributed by atoms with E-state index in [0.29, 0.717) is 12.8 Å². The monoisotopic (exact) mass is 371 g/mol. The van der Waals surface area contributed by atoms with E-state index in [0.717, 1.165) is 29.7 Å². The lowest BCUT2D eigenvalue weighted by molar-refractivity contribution is -0.117. The summed E-state index contributed by atoms with van der Waals surface area (Å²) in [6, 6.07) is 5.82. The first-order chi connectivity index (χ1) is 9.90. The van der Waals surface area contributed by atoms with Crippen LogP contribution in [0.15, 0.2) is 18.2 Å². The molecule has 2 heterocycles. The summed E-state index contributed by atoms with van der Waals surface area (Å²) >= 11 is 3.58. The number of carbonyl (C=O) groups is 1. The van der Waals surface area contributed by atoms with Crippen molar-refractivity contribution in [2.75, 3.05) is 17.7 Å². The van der Waals surface area contributed by atoms with Gasteiger partial charge in [0.1, 0.15) is 0 Å². The molecule has 1 amide bonds. The van der Waals surface area contributed by atoms with E-state index in [9.17, 15) is 13.2 Å². The van der Waals surface area contributed by atoms with Crippen LogP contribution in [0.25, 0.3) is 0 Å². The van der Waals surface area contributed by atoms with Gasteiger partial charge in [0.2, 0.25) is 5.91 Å². The summed E-state index contributed by atoms with van der Waals surface area (Å²) < 4.78 is 24.5. The van der Waals surface area contributed by atoms with Gasteiger partial charge in [-0.15, -0.1) is 0 Å². The standard InChI is InChI=1S/C15H18BrNO3S/c1-17-12-6-5-10(8-11(12)9-14(17)18)15(16)13-4-2-3-7-21(13,19)20/h5-6,8,13,15H,2-4,7,9H2,1H3. The van der Waals surface area contributed by atoms with Gasteiger partial charge in [0.25, 0.3) is 0 Å². The third-order valence-corrected chi connectivity index (χ3v) is 8.26. The van der Waals surface area contributed by atoms with Crippen LogP contribution in [-0.2, 0) is 21.1 Å². The molecule has 1 saturated heterocycles. The zero-order valence-corrected chi connectivity index (χ0v) is 14.3. The second-order valence-electron chi connectivity index (χ2n) is 5.82. The highest BCUT2D eigenvalue weighted by atomic mass is 79.9. The molecular weight excluding hydrogens is 354 g/mol. The highest BCUT2D eigenvalue weighted by Crippen LogP contribution is 2.39. The van der Waals surface area contributed by atoms with E-state index in [-0.39, 0.29) is 21.7 Å². The summed E-state index contributed by atoms with van der Waals surface area (Å²) in [5, 5.41) is -0.362. The largest absolute Gasteiger partial charge is 0.315 e. The maximum Gasteiger partial charge on any atom is 0.231 e. The molecule has 1 fully saturated rings. The van der Waals surface area contributed by atoms with Crippen molar-refractivity contribution in [1.82, 2.24) is 0 Å². The van der Waals surface area contributed by atoms with Crippen LogP contribution in [-0.4, -0.2) is 32.4 Å². The van der Waals surface area contributed by atoms with Gasteiger partial charge >= 0.3 is 0 Å². The molecule has 0 spiro atoms. The van der Waals surface area contributed by atoms with E-state index in [2.05, 4.69) is 15.9 Å². The summed E-state index contributed by atoms with van der Waals surface area (Å²) in [4.78, 5) is 13.2. The van der Waals surface area contributed by atoms with Crippen LogP contribution in [0.2, 0.25) is 0 Å². The van der Waals surface area contributed by atoms with Gasteiger partial charge in [0.15, 0.2) is 9.84 Å². The smallest absolute Gasteiger partial charge is 0.231 e. The maximum absolute atomic E-state index is 12.2. The van der Waals surface area contributed by atoms with Crippen molar-refractivity contribution in [2.24, 2.45) is 0 Å². The highest BCUT2D eigenvalue weighted by molar-refractivity contribution is 9.09. The molecule has 114 valence electrons. The SMILES string of the molecule is CN1C(=O)Cc2cc(C(Br)C3CCCCS3(=O)=O)ccc21. The van der Waals surface area contributed by atoms with Crippen molar-refractivity contribution in [3.63, 3.8) is 0 Å². The molecule has 4 nitrogen and oxygen atoms in total. The number of rotatable bonds is 2. The quantitative estimate of drug-likeness (QED) is 0.750. The molecule has 1 aromatic rings. The van der Waals surface area contributed by atoms with Crippen LogP contribution in [0, 0.1) is 0 Å². The van der Waals surface area contributed by atoms with Crippen LogP contribution in [0.3, 0.4) is 0 Å². The molecule has 0 saturated carbocycles. The molecule has 0 N–H and O–H groups in total. The summed E-state index contributed by atoms with van der Waals surface area (Å²) in [5.41, 5.74) is 2.86. The number of halogens is 1. The van der Waals surface area contributed by atoms with Gasteiger partial charge in [-0.05, 0) is 30.0 Å². The number of anilines is 1. The molecule has 2 unspecified atom stereocenters. The van der Waals surface area contributed by atoms with E-state index in [1.165, 1.54) is 0 Å². The van der Waals surface area contributed by atoms with Gasteiger partial charge in [0.05, 0.1) is 22.3 Å². The molecule has 0 aromatic heterocycles. The van der Waals surface area contributed by atoms with E-state index < -0.39 is 9.84 Å². The van der Waals surface area contributed by atoms with Gasteiger partial charge in [-0.1, -0.05) is 34.5 Å². The van der Waals surface area contributed by atoms with Crippen LogP contribution >= 0.6 is 15.9 Å². The van der Waals surface area contributed by atoms with Crippen molar-refractivity contribution in [1.29, 1.82) is 0 Å². The molecule has 2 aliphatic rings. The van der Waals surface area contributed by atoms with E-state index >= 15 is 0 Å². The second-order valence-corrected chi connectivity index (χ2v) is 9.15. The minimum atomic E-state index is -3.03. The molecular formula is C15H18BrNO3S. The second kappa shape index (κ2) is 5.39. The predicted molar refractivity (Wildman–Crippen MR) is 86.6 cm³/mol. The van der Waals surface area contributed by atoms with Crippen molar-refractivity contribution < 1.29 is 13.2 Å². The number of carbonyl (C=O) groups excluding carboxylic acids is 1. The lowest BCUT2D eigenvalue weighted by Gasteiger charge is -2.27. The number of hydrogen-bond acceptors (Lipinski definition) is 3.